The molecule has 0 unspecified atom stereocenters. The van der Waals surface area contributed by atoms with Gasteiger partial charge in [-0.3, -0.25) is 4.99 Å². The molecule has 0 amide bonds. The Hall–Kier alpha value is -2.93. The zero-order chi connectivity index (χ0) is 21.6. The van der Waals surface area contributed by atoms with Crippen molar-refractivity contribution in [3.8, 4) is 17.2 Å². The van der Waals surface area contributed by atoms with E-state index in [0.717, 1.165) is 41.3 Å². The summed E-state index contributed by atoms with van der Waals surface area (Å²) in [5, 5.41) is 6.60. The van der Waals surface area contributed by atoms with Crippen molar-refractivity contribution in [2.75, 3.05) is 46.4 Å². The van der Waals surface area contributed by atoms with Crippen molar-refractivity contribution in [3.63, 3.8) is 0 Å². The lowest BCUT2D eigenvalue weighted by Crippen LogP contribution is -2.30. The Labute approximate surface area is 179 Å². The molecule has 164 valence electrons. The maximum Gasteiger partial charge on any atom is 0.195 e. The number of nitrogens with zero attached hydrogens (tertiary/aromatic N) is 1. The van der Waals surface area contributed by atoms with Crippen LogP contribution < -0.4 is 24.8 Å². The van der Waals surface area contributed by atoms with Gasteiger partial charge in [0.05, 0.1) is 20.3 Å². The highest BCUT2D eigenvalue weighted by Gasteiger charge is 2.07. The Morgan fingerprint density at radius 3 is 2.57 bits per heavy atom. The first-order chi connectivity index (χ1) is 14.7. The molecule has 0 aromatic heterocycles. The van der Waals surface area contributed by atoms with Gasteiger partial charge in [0.15, 0.2) is 17.5 Å². The van der Waals surface area contributed by atoms with Gasteiger partial charge in [-0.1, -0.05) is 19.1 Å². The highest BCUT2D eigenvalue weighted by Crippen LogP contribution is 2.28. The third kappa shape index (κ3) is 7.83. The van der Waals surface area contributed by atoms with E-state index in [1.165, 1.54) is 0 Å². The van der Waals surface area contributed by atoms with Gasteiger partial charge in [0.25, 0.3) is 0 Å². The van der Waals surface area contributed by atoms with Gasteiger partial charge in [0.2, 0.25) is 0 Å². The molecule has 0 saturated heterocycles. The zero-order valence-corrected chi connectivity index (χ0v) is 18.4. The number of benzene rings is 2. The molecule has 0 fully saturated rings. The largest absolute Gasteiger partial charge is 0.493 e. The highest BCUT2D eigenvalue weighted by atomic mass is 16.5. The molecule has 0 radical (unpaired) electrons. The van der Waals surface area contributed by atoms with Crippen LogP contribution in [0.4, 0.5) is 5.69 Å². The smallest absolute Gasteiger partial charge is 0.195 e. The molecule has 0 saturated carbocycles. The van der Waals surface area contributed by atoms with E-state index in [1.54, 1.807) is 21.3 Å². The van der Waals surface area contributed by atoms with Crippen LogP contribution in [0.5, 0.6) is 17.2 Å². The molecule has 2 aromatic rings. The standard InChI is InChI=1S/C23H33N3O4/c1-5-12-30-21-11-10-18(15-22(21)28-4)17-25-23(24-2)26-19-8-6-9-20(16-19)29-14-7-13-27-3/h6,8-11,15-16H,5,7,12-14,17H2,1-4H3,(H2,24,25,26). The summed E-state index contributed by atoms with van der Waals surface area (Å²) < 4.78 is 22.0. The van der Waals surface area contributed by atoms with Crippen molar-refractivity contribution in [2.45, 2.75) is 26.3 Å². The third-order valence-corrected chi connectivity index (χ3v) is 4.23. The Kier molecular flexibility index (Phi) is 10.4. The molecule has 0 bridgehead atoms. The fraction of sp³-hybridized carbons (Fsp3) is 0.435. The van der Waals surface area contributed by atoms with Crippen LogP contribution in [-0.2, 0) is 11.3 Å². The molecule has 7 heteroatoms. The monoisotopic (exact) mass is 415 g/mol. The van der Waals surface area contributed by atoms with Crippen LogP contribution in [0.1, 0.15) is 25.3 Å². The lowest BCUT2D eigenvalue weighted by atomic mass is 10.2. The number of hydrogen-bond donors (Lipinski definition) is 2. The van der Waals surface area contributed by atoms with Gasteiger partial charge in [-0.25, -0.2) is 0 Å². The maximum absolute atomic E-state index is 5.75. The Morgan fingerprint density at radius 1 is 0.967 bits per heavy atom. The number of methoxy groups -OCH3 is 2. The second-order valence-electron chi connectivity index (χ2n) is 6.61. The summed E-state index contributed by atoms with van der Waals surface area (Å²) in [5.41, 5.74) is 1.96. The van der Waals surface area contributed by atoms with E-state index < -0.39 is 0 Å². The minimum absolute atomic E-state index is 0.595. The van der Waals surface area contributed by atoms with Gasteiger partial charge in [-0.15, -0.1) is 0 Å². The summed E-state index contributed by atoms with van der Waals surface area (Å²) in [6.45, 7) is 4.64. The number of guanidine groups is 1. The molecule has 0 aliphatic rings. The summed E-state index contributed by atoms with van der Waals surface area (Å²) in [6, 6.07) is 13.7. The first kappa shape index (κ1) is 23.3. The Balaban J connectivity index is 1.92. The molecule has 2 rings (SSSR count). The maximum atomic E-state index is 5.75. The Bertz CT molecular complexity index is 796. The molecule has 0 aliphatic heterocycles. The SMILES string of the molecule is CCCOc1ccc(CNC(=NC)Nc2cccc(OCCCOC)c2)cc1OC. The summed E-state index contributed by atoms with van der Waals surface area (Å²) in [7, 11) is 5.08. The Morgan fingerprint density at radius 2 is 1.83 bits per heavy atom. The molecular formula is C23H33N3O4. The van der Waals surface area contributed by atoms with Gasteiger partial charge in [0, 0.05) is 45.5 Å². The first-order valence-electron chi connectivity index (χ1n) is 10.2. The normalized spacial score (nSPS) is 11.1. The van der Waals surface area contributed by atoms with E-state index in [4.69, 9.17) is 18.9 Å². The van der Waals surface area contributed by atoms with Gasteiger partial charge >= 0.3 is 0 Å². The number of hydrogen-bond acceptors (Lipinski definition) is 5. The van der Waals surface area contributed by atoms with E-state index in [-0.39, 0.29) is 0 Å². The van der Waals surface area contributed by atoms with Crippen molar-refractivity contribution in [3.05, 3.63) is 48.0 Å². The van der Waals surface area contributed by atoms with Gasteiger partial charge in [-0.2, -0.15) is 0 Å². The lowest BCUT2D eigenvalue weighted by molar-refractivity contribution is 0.172. The summed E-state index contributed by atoms with van der Waals surface area (Å²) in [5.74, 6) is 2.95. The van der Waals surface area contributed by atoms with E-state index in [2.05, 4.69) is 22.5 Å². The first-order valence-corrected chi connectivity index (χ1v) is 10.2. The second kappa shape index (κ2) is 13.3. The molecule has 0 heterocycles. The highest BCUT2D eigenvalue weighted by molar-refractivity contribution is 5.93. The molecule has 0 spiro atoms. The van der Waals surface area contributed by atoms with E-state index in [9.17, 15) is 0 Å². The zero-order valence-electron chi connectivity index (χ0n) is 18.4. The number of anilines is 1. The molecule has 0 atom stereocenters. The van der Waals surface area contributed by atoms with Crippen molar-refractivity contribution in [2.24, 2.45) is 4.99 Å². The lowest BCUT2D eigenvalue weighted by Gasteiger charge is -2.15. The number of rotatable bonds is 12. The van der Waals surface area contributed by atoms with Crippen molar-refractivity contribution < 1.29 is 18.9 Å². The average Bonchev–Trinajstić information content (AvgIpc) is 2.78. The van der Waals surface area contributed by atoms with Crippen LogP contribution in [0.25, 0.3) is 0 Å². The van der Waals surface area contributed by atoms with Gasteiger partial charge in [-0.05, 0) is 36.2 Å². The predicted octanol–water partition coefficient (Wildman–Crippen LogP) is 4.09. The number of aliphatic imine (C=N–C) groups is 1. The van der Waals surface area contributed by atoms with Crippen LogP contribution >= 0.6 is 0 Å². The summed E-state index contributed by atoms with van der Waals surface area (Å²) in [4.78, 5) is 4.30. The molecule has 30 heavy (non-hydrogen) atoms. The average molecular weight is 416 g/mol. The van der Waals surface area contributed by atoms with Crippen molar-refractivity contribution in [1.29, 1.82) is 0 Å². The van der Waals surface area contributed by atoms with Crippen LogP contribution in [-0.4, -0.2) is 47.0 Å². The topological polar surface area (TPSA) is 73.3 Å². The quantitative estimate of drug-likeness (QED) is 0.309. The van der Waals surface area contributed by atoms with Crippen LogP contribution in [0, 0.1) is 0 Å². The second-order valence-corrected chi connectivity index (χ2v) is 6.61. The minimum Gasteiger partial charge on any atom is -0.493 e. The molecule has 0 aliphatic carbocycles. The fourth-order valence-electron chi connectivity index (χ4n) is 2.71. The summed E-state index contributed by atoms with van der Waals surface area (Å²) >= 11 is 0. The van der Waals surface area contributed by atoms with Gasteiger partial charge in [0.1, 0.15) is 5.75 Å². The molecule has 2 N–H and O–H groups in total. The molecule has 7 nitrogen and oxygen atoms in total. The molecular weight excluding hydrogens is 382 g/mol. The number of ether oxygens (including phenoxy) is 4. The third-order valence-electron chi connectivity index (χ3n) is 4.23. The van der Waals surface area contributed by atoms with Crippen LogP contribution in [0.15, 0.2) is 47.5 Å². The minimum atomic E-state index is 0.595. The van der Waals surface area contributed by atoms with E-state index >= 15 is 0 Å². The van der Waals surface area contributed by atoms with E-state index in [1.807, 2.05) is 42.5 Å². The van der Waals surface area contributed by atoms with Crippen LogP contribution in [0.2, 0.25) is 0 Å². The van der Waals surface area contributed by atoms with Crippen LogP contribution in [0.3, 0.4) is 0 Å². The summed E-state index contributed by atoms with van der Waals surface area (Å²) in [6.07, 6.45) is 1.80. The van der Waals surface area contributed by atoms with Gasteiger partial charge < -0.3 is 29.6 Å². The molecule has 2 aromatic carbocycles. The predicted molar refractivity (Wildman–Crippen MR) is 121 cm³/mol. The number of nitrogens with one attached hydrogen (secondary N) is 2. The van der Waals surface area contributed by atoms with Crippen molar-refractivity contribution >= 4 is 11.6 Å². The van der Waals surface area contributed by atoms with Crippen molar-refractivity contribution in [1.82, 2.24) is 5.32 Å². The van der Waals surface area contributed by atoms with E-state index in [0.29, 0.717) is 32.3 Å². The fourth-order valence-corrected chi connectivity index (χ4v) is 2.71.